The summed E-state index contributed by atoms with van der Waals surface area (Å²) in [4.78, 5) is 3.87. The Morgan fingerprint density at radius 2 is 2.21 bits per heavy atom. The number of nitrogens with one attached hydrogen (secondary N) is 2. The molecule has 1 fully saturated rings. The Bertz CT molecular complexity index is 749. The van der Waals surface area contributed by atoms with Crippen LogP contribution in [0.4, 0.5) is 10.8 Å². The summed E-state index contributed by atoms with van der Waals surface area (Å²) >= 11 is 13.0. The third-order valence-corrected chi connectivity index (χ3v) is 5.52. The van der Waals surface area contributed by atoms with Crippen LogP contribution in [0.15, 0.2) is 36.9 Å². The molecule has 24 heavy (non-hydrogen) atoms. The fourth-order valence-corrected chi connectivity index (χ4v) is 3.96. The zero-order valence-electron chi connectivity index (χ0n) is 13.4. The number of quaternary nitrogens is 1. The highest BCUT2D eigenvalue weighted by Crippen LogP contribution is 2.19. The summed E-state index contributed by atoms with van der Waals surface area (Å²) in [6, 6.07) is 8.06. The van der Waals surface area contributed by atoms with Gasteiger partial charge in [-0.15, -0.1) is 11.7 Å². The third-order valence-electron chi connectivity index (χ3n) is 4.02. The van der Waals surface area contributed by atoms with E-state index in [4.69, 9.17) is 23.8 Å². The maximum absolute atomic E-state index is 6.09. The van der Waals surface area contributed by atoms with E-state index in [1.807, 2.05) is 29.0 Å². The van der Waals surface area contributed by atoms with Gasteiger partial charge >= 0.3 is 0 Å². The molecule has 3 rings (SSSR count). The first-order valence-electron chi connectivity index (χ1n) is 7.92. The molecule has 8 heteroatoms. The van der Waals surface area contributed by atoms with Crippen LogP contribution in [0.25, 0.3) is 0 Å². The van der Waals surface area contributed by atoms with E-state index >= 15 is 0 Å². The van der Waals surface area contributed by atoms with Gasteiger partial charge in [0.25, 0.3) is 0 Å². The lowest BCUT2D eigenvalue weighted by molar-refractivity contribution is -0.924. The van der Waals surface area contributed by atoms with Crippen LogP contribution in [0.2, 0.25) is 5.02 Å². The molecule has 0 bridgehead atoms. The van der Waals surface area contributed by atoms with Crippen molar-refractivity contribution in [2.75, 3.05) is 42.9 Å². The number of halogens is 1. The maximum Gasteiger partial charge on any atom is 0.205 e. The molecule has 5 nitrogen and oxygen atoms in total. The van der Waals surface area contributed by atoms with Crippen LogP contribution < -0.4 is 15.1 Å². The molecule has 2 aromatic rings. The van der Waals surface area contributed by atoms with Gasteiger partial charge in [-0.05, 0) is 30.4 Å². The standard InChI is InChI=1S/C16H20ClN5S2/c1-2-6-18-15-19-22(16(23)24-15)12-20-7-9-21(10-8-20)14-5-3-4-13(17)11-14/h2-5,11H,1,6-10,12H2,(H,18,19)/p+1. The number of rotatable bonds is 6. The molecule has 0 radical (unpaired) electrons. The molecule has 2 N–H and O–H groups in total. The Labute approximate surface area is 156 Å². The Hall–Kier alpha value is -1.41. The van der Waals surface area contributed by atoms with E-state index in [-0.39, 0.29) is 0 Å². The molecule has 0 atom stereocenters. The average molecular weight is 383 g/mol. The second kappa shape index (κ2) is 8.11. The molecule has 1 aromatic carbocycles. The molecule has 1 aromatic heterocycles. The molecule has 0 unspecified atom stereocenters. The summed E-state index contributed by atoms with van der Waals surface area (Å²) in [6.45, 7) is 9.35. The number of nitrogens with zero attached hydrogens (tertiary/aromatic N) is 3. The van der Waals surface area contributed by atoms with Crippen molar-refractivity contribution in [1.29, 1.82) is 0 Å². The largest absolute Gasteiger partial charge is 0.360 e. The number of benzene rings is 1. The number of piperazine rings is 1. The average Bonchev–Trinajstić information content (AvgIpc) is 2.93. The monoisotopic (exact) mass is 382 g/mol. The lowest BCUT2D eigenvalue weighted by Gasteiger charge is -2.33. The van der Waals surface area contributed by atoms with Crippen LogP contribution in [-0.2, 0) is 6.67 Å². The Morgan fingerprint density at radius 3 is 2.92 bits per heavy atom. The van der Waals surface area contributed by atoms with Crippen LogP contribution >= 0.6 is 35.2 Å². The van der Waals surface area contributed by atoms with Gasteiger partial charge in [-0.3, -0.25) is 0 Å². The van der Waals surface area contributed by atoms with Gasteiger partial charge in [0, 0.05) is 17.3 Å². The van der Waals surface area contributed by atoms with Crippen molar-refractivity contribution in [2.45, 2.75) is 6.67 Å². The van der Waals surface area contributed by atoms with Crippen LogP contribution in [0.1, 0.15) is 0 Å². The fraction of sp³-hybridized carbons (Fsp3) is 0.375. The summed E-state index contributed by atoms with van der Waals surface area (Å²) in [7, 11) is 0. The molecule has 128 valence electrons. The van der Waals surface area contributed by atoms with Gasteiger partial charge in [0.1, 0.15) is 0 Å². The van der Waals surface area contributed by atoms with Crippen molar-refractivity contribution in [3.63, 3.8) is 0 Å². The van der Waals surface area contributed by atoms with E-state index in [1.165, 1.54) is 21.9 Å². The molecule has 1 aliphatic heterocycles. The summed E-state index contributed by atoms with van der Waals surface area (Å²) in [5.74, 6) is 0. The van der Waals surface area contributed by atoms with Crippen LogP contribution in [0.5, 0.6) is 0 Å². The molecule has 0 aliphatic carbocycles. The van der Waals surface area contributed by atoms with Crippen LogP contribution in [-0.4, -0.2) is 42.5 Å². The second-order valence-corrected chi connectivity index (χ2v) is 7.78. The molecule has 2 heterocycles. The molecule has 0 spiro atoms. The smallest absolute Gasteiger partial charge is 0.205 e. The predicted molar refractivity (Wildman–Crippen MR) is 104 cm³/mol. The van der Waals surface area contributed by atoms with E-state index < -0.39 is 0 Å². The minimum absolute atomic E-state index is 0.702. The minimum Gasteiger partial charge on any atom is -0.360 e. The number of hydrogen-bond acceptors (Lipinski definition) is 5. The lowest BCUT2D eigenvalue weighted by Crippen LogP contribution is -3.14. The molecular formula is C16H21ClN5S2+. The minimum atomic E-state index is 0.702. The first-order valence-corrected chi connectivity index (χ1v) is 9.53. The molecule has 1 aliphatic rings. The van der Waals surface area contributed by atoms with Gasteiger partial charge in [0.15, 0.2) is 10.6 Å². The van der Waals surface area contributed by atoms with Crippen molar-refractivity contribution in [2.24, 2.45) is 0 Å². The highest BCUT2D eigenvalue weighted by molar-refractivity contribution is 7.73. The quantitative estimate of drug-likeness (QED) is 0.593. The summed E-state index contributed by atoms with van der Waals surface area (Å²) < 4.78 is 2.74. The molecule has 1 saturated heterocycles. The zero-order chi connectivity index (χ0) is 16.9. The van der Waals surface area contributed by atoms with Gasteiger partial charge in [0.05, 0.1) is 26.2 Å². The van der Waals surface area contributed by atoms with Crippen molar-refractivity contribution >= 4 is 46.0 Å². The number of anilines is 2. The maximum atomic E-state index is 6.09. The zero-order valence-corrected chi connectivity index (χ0v) is 15.8. The van der Waals surface area contributed by atoms with Crippen molar-refractivity contribution in [1.82, 2.24) is 9.78 Å². The summed E-state index contributed by atoms with van der Waals surface area (Å²) in [6.07, 6.45) is 1.81. The van der Waals surface area contributed by atoms with E-state index in [9.17, 15) is 0 Å². The van der Waals surface area contributed by atoms with Crippen molar-refractivity contribution < 1.29 is 4.90 Å². The molecular weight excluding hydrogens is 362 g/mol. The van der Waals surface area contributed by atoms with Crippen LogP contribution in [0.3, 0.4) is 0 Å². The topological polar surface area (TPSA) is 37.5 Å². The molecule has 0 amide bonds. The van der Waals surface area contributed by atoms with E-state index in [2.05, 4.69) is 28.0 Å². The summed E-state index contributed by atoms with van der Waals surface area (Å²) in [5.41, 5.74) is 1.20. The first-order chi connectivity index (χ1) is 11.7. The molecule has 0 saturated carbocycles. The number of hydrogen-bond donors (Lipinski definition) is 2. The van der Waals surface area contributed by atoms with Gasteiger partial charge in [-0.1, -0.05) is 35.1 Å². The highest BCUT2D eigenvalue weighted by atomic mass is 35.5. The first kappa shape index (κ1) is 17.4. The summed E-state index contributed by atoms with van der Waals surface area (Å²) in [5, 5.41) is 9.39. The Morgan fingerprint density at radius 1 is 1.42 bits per heavy atom. The highest BCUT2D eigenvalue weighted by Gasteiger charge is 2.21. The predicted octanol–water partition coefficient (Wildman–Crippen LogP) is 2.29. The Kier molecular flexibility index (Phi) is 5.89. The Balaban J connectivity index is 1.56. The van der Waals surface area contributed by atoms with Gasteiger partial charge in [-0.2, -0.15) is 4.68 Å². The van der Waals surface area contributed by atoms with Crippen molar-refractivity contribution in [3.05, 3.63) is 45.9 Å². The van der Waals surface area contributed by atoms with E-state index in [1.54, 1.807) is 0 Å². The van der Waals surface area contributed by atoms with E-state index in [0.29, 0.717) is 6.54 Å². The number of aromatic nitrogens is 2. The van der Waals surface area contributed by atoms with Gasteiger partial charge < -0.3 is 15.1 Å². The van der Waals surface area contributed by atoms with E-state index in [0.717, 1.165) is 47.0 Å². The van der Waals surface area contributed by atoms with Crippen molar-refractivity contribution in [3.8, 4) is 0 Å². The van der Waals surface area contributed by atoms with Gasteiger partial charge in [0.2, 0.25) is 5.13 Å². The third kappa shape index (κ3) is 4.36. The van der Waals surface area contributed by atoms with Crippen LogP contribution in [0, 0.1) is 3.95 Å². The van der Waals surface area contributed by atoms with Gasteiger partial charge in [-0.25, -0.2) is 0 Å². The lowest BCUT2D eigenvalue weighted by atomic mass is 10.2. The second-order valence-electron chi connectivity index (χ2n) is 5.72. The normalized spacial score (nSPS) is 15.5. The SMILES string of the molecule is C=CCNc1nn(C[NH+]2CCN(c3cccc(Cl)c3)CC2)c(=S)s1. The fourth-order valence-electron chi connectivity index (χ4n) is 2.76.